The minimum atomic E-state index is -5.08. The second-order valence-electron chi connectivity index (χ2n) is 4.83. The second kappa shape index (κ2) is 5.95. The molecule has 0 aromatic heterocycles. The number of hydrogen-bond donors (Lipinski definition) is 3. The van der Waals surface area contributed by atoms with Crippen molar-refractivity contribution in [3.05, 3.63) is 23.8 Å². The third kappa shape index (κ3) is 3.47. The third-order valence-corrected chi connectivity index (χ3v) is 3.31. The van der Waals surface area contributed by atoms with E-state index in [1.165, 1.54) is 0 Å². The van der Waals surface area contributed by atoms with Crippen LogP contribution < -0.4 is 15.4 Å². The van der Waals surface area contributed by atoms with E-state index in [0.717, 1.165) is 17.0 Å². The molecule has 1 amide bonds. The minimum absolute atomic E-state index is 0.401. The fourth-order valence-corrected chi connectivity index (χ4v) is 2.13. The van der Waals surface area contributed by atoms with Crippen LogP contribution in [-0.4, -0.2) is 43.5 Å². The average molecular weight is 334 g/mol. The van der Waals surface area contributed by atoms with Gasteiger partial charge in [-0.25, -0.2) is 9.59 Å². The molecule has 1 aromatic carbocycles. The molecule has 2 aliphatic heterocycles. The molecule has 10 heteroatoms. The lowest BCUT2D eigenvalue weighted by atomic mass is 9.85. The van der Waals surface area contributed by atoms with Crippen LogP contribution in [0.4, 0.5) is 23.7 Å². The molecule has 0 atom stereocenters. The van der Waals surface area contributed by atoms with Gasteiger partial charge in [0.25, 0.3) is 0 Å². The molecule has 1 spiro atoms. The number of carboxylic acid groups (broad SMARTS) is 1. The van der Waals surface area contributed by atoms with Gasteiger partial charge in [0, 0.05) is 24.7 Å². The first-order valence-electron chi connectivity index (χ1n) is 6.37. The Bertz CT molecular complexity index is 629. The normalized spacial score (nSPS) is 17.7. The molecule has 7 nitrogen and oxygen atoms in total. The molecule has 1 saturated heterocycles. The number of benzene rings is 1. The number of aliphatic carboxylic acids is 1. The van der Waals surface area contributed by atoms with E-state index >= 15 is 0 Å². The molecule has 126 valence electrons. The van der Waals surface area contributed by atoms with Gasteiger partial charge in [0.05, 0.1) is 12.8 Å². The minimum Gasteiger partial charge on any atom is -0.497 e. The van der Waals surface area contributed by atoms with E-state index in [1.54, 1.807) is 7.11 Å². The molecule has 1 aromatic rings. The number of amides is 1. The van der Waals surface area contributed by atoms with E-state index < -0.39 is 23.8 Å². The second-order valence-corrected chi connectivity index (χ2v) is 4.83. The Balaban J connectivity index is 0.000000236. The Labute approximate surface area is 128 Å². The Hall–Kier alpha value is -2.49. The highest BCUT2D eigenvalue weighted by atomic mass is 19.4. The summed E-state index contributed by atoms with van der Waals surface area (Å²) in [5.74, 6) is -2.03. The number of hydrogen-bond acceptors (Lipinski definition) is 5. The Kier molecular flexibility index (Phi) is 4.37. The molecular weight excluding hydrogens is 321 g/mol. The van der Waals surface area contributed by atoms with Gasteiger partial charge in [-0.2, -0.15) is 13.2 Å². The van der Waals surface area contributed by atoms with E-state index in [-0.39, 0.29) is 0 Å². The lowest BCUT2D eigenvalue weighted by Crippen LogP contribution is -2.61. The Morgan fingerprint density at radius 3 is 2.43 bits per heavy atom. The van der Waals surface area contributed by atoms with Crippen LogP contribution in [0.5, 0.6) is 5.75 Å². The van der Waals surface area contributed by atoms with E-state index in [9.17, 15) is 18.0 Å². The van der Waals surface area contributed by atoms with Crippen molar-refractivity contribution >= 4 is 17.7 Å². The van der Waals surface area contributed by atoms with Crippen LogP contribution in [0.15, 0.2) is 18.2 Å². The number of carbonyl (C=O) groups is 2. The van der Waals surface area contributed by atoms with Gasteiger partial charge in [0.2, 0.25) is 0 Å². The summed E-state index contributed by atoms with van der Waals surface area (Å²) in [5, 5.41) is 12.9. The number of carboxylic acids is 1. The maximum atomic E-state index is 11.4. The van der Waals surface area contributed by atoms with Crippen LogP contribution in [0.1, 0.15) is 5.56 Å². The topological polar surface area (TPSA) is 96.9 Å². The monoisotopic (exact) mass is 334 g/mol. The predicted molar refractivity (Wildman–Crippen MR) is 71.3 cm³/mol. The van der Waals surface area contributed by atoms with E-state index in [2.05, 4.69) is 10.6 Å². The number of rotatable bonds is 1. The van der Waals surface area contributed by atoms with Gasteiger partial charge in [0.1, 0.15) is 5.75 Å². The molecule has 0 unspecified atom stereocenters. The first kappa shape index (κ1) is 16.9. The number of carbonyl (C=O) groups excluding carboxylic acids is 1. The molecule has 0 bridgehead atoms. The summed E-state index contributed by atoms with van der Waals surface area (Å²) in [6.45, 7) is 1.33. The molecule has 2 heterocycles. The van der Waals surface area contributed by atoms with Gasteiger partial charge in [-0.15, -0.1) is 0 Å². The highest BCUT2D eigenvalue weighted by Gasteiger charge is 2.47. The van der Waals surface area contributed by atoms with Crippen molar-refractivity contribution in [3.8, 4) is 5.75 Å². The van der Waals surface area contributed by atoms with Crippen molar-refractivity contribution in [1.29, 1.82) is 0 Å². The predicted octanol–water partition coefficient (Wildman–Crippen LogP) is 1.69. The SMILES string of the molecule is COc1ccc2c(c1)NC(=O)OC21CNC1.O=C(O)C(F)(F)F. The number of fused-ring (bicyclic) bond motifs is 2. The van der Waals surface area contributed by atoms with Crippen molar-refractivity contribution in [2.75, 3.05) is 25.5 Å². The summed E-state index contributed by atoms with van der Waals surface area (Å²) >= 11 is 0. The fraction of sp³-hybridized carbons (Fsp3) is 0.385. The van der Waals surface area contributed by atoms with Crippen LogP contribution >= 0.6 is 0 Å². The number of alkyl halides is 3. The molecule has 2 aliphatic rings. The number of ether oxygens (including phenoxy) is 2. The third-order valence-electron chi connectivity index (χ3n) is 3.31. The van der Waals surface area contributed by atoms with Gasteiger partial charge in [-0.3, -0.25) is 5.32 Å². The van der Waals surface area contributed by atoms with Crippen molar-refractivity contribution in [3.63, 3.8) is 0 Å². The van der Waals surface area contributed by atoms with Gasteiger partial charge in [-0.05, 0) is 12.1 Å². The van der Waals surface area contributed by atoms with Crippen molar-refractivity contribution in [1.82, 2.24) is 5.32 Å². The molecule has 0 aliphatic carbocycles. The molecule has 1 fully saturated rings. The largest absolute Gasteiger partial charge is 0.497 e. The maximum Gasteiger partial charge on any atom is 0.490 e. The van der Waals surface area contributed by atoms with Crippen molar-refractivity contribution in [2.24, 2.45) is 0 Å². The van der Waals surface area contributed by atoms with Gasteiger partial charge in [0.15, 0.2) is 5.60 Å². The van der Waals surface area contributed by atoms with E-state index in [1.807, 2.05) is 18.2 Å². The highest BCUT2D eigenvalue weighted by Crippen LogP contribution is 2.40. The first-order valence-corrected chi connectivity index (χ1v) is 6.37. The van der Waals surface area contributed by atoms with Gasteiger partial charge in [-0.1, -0.05) is 0 Å². The standard InChI is InChI=1S/C11H12N2O3.C2HF3O2/c1-15-7-2-3-8-9(4-7)13-10(14)16-11(8)5-12-6-11;3-2(4,5)1(6)7/h2-4,12H,5-6H2,1H3,(H,13,14);(H,6,7). The molecule has 23 heavy (non-hydrogen) atoms. The van der Waals surface area contributed by atoms with Crippen LogP contribution in [-0.2, 0) is 15.1 Å². The summed E-state index contributed by atoms with van der Waals surface area (Å²) in [4.78, 5) is 20.3. The Morgan fingerprint density at radius 1 is 1.39 bits per heavy atom. The van der Waals surface area contributed by atoms with Crippen molar-refractivity contribution in [2.45, 2.75) is 11.8 Å². The summed E-state index contributed by atoms with van der Waals surface area (Å²) in [6.07, 6.45) is -5.48. The zero-order chi connectivity index (χ0) is 17.3. The Morgan fingerprint density at radius 2 is 2.00 bits per heavy atom. The number of halogens is 3. The maximum absolute atomic E-state index is 11.4. The van der Waals surface area contributed by atoms with E-state index in [4.69, 9.17) is 19.4 Å². The quantitative estimate of drug-likeness (QED) is 0.723. The average Bonchev–Trinajstić information content (AvgIpc) is 2.43. The van der Waals surface area contributed by atoms with Crippen LogP contribution in [0, 0.1) is 0 Å². The summed E-state index contributed by atoms with van der Waals surface area (Å²) < 4.78 is 42.2. The summed E-state index contributed by atoms with van der Waals surface area (Å²) in [5.41, 5.74) is 1.30. The molecule has 3 rings (SSSR count). The molecular formula is C13H13F3N2O5. The van der Waals surface area contributed by atoms with Crippen LogP contribution in [0.2, 0.25) is 0 Å². The highest BCUT2D eigenvalue weighted by molar-refractivity contribution is 5.89. The summed E-state index contributed by atoms with van der Waals surface area (Å²) in [6, 6.07) is 5.63. The van der Waals surface area contributed by atoms with Gasteiger partial charge < -0.3 is 19.9 Å². The molecule has 3 N–H and O–H groups in total. The molecule has 0 radical (unpaired) electrons. The number of methoxy groups -OCH3 is 1. The first-order chi connectivity index (χ1) is 10.7. The smallest absolute Gasteiger partial charge is 0.490 e. The zero-order valence-corrected chi connectivity index (χ0v) is 11.9. The number of nitrogens with one attached hydrogen (secondary N) is 2. The lowest BCUT2D eigenvalue weighted by Gasteiger charge is -2.45. The zero-order valence-electron chi connectivity index (χ0n) is 11.9. The number of anilines is 1. The molecule has 0 saturated carbocycles. The van der Waals surface area contributed by atoms with Crippen LogP contribution in [0.3, 0.4) is 0 Å². The van der Waals surface area contributed by atoms with Crippen LogP contribution in [0.25, 0.3) is 0 Å². The fourth-order valence-electron chi connectivity index (χ4n) is 2.13. The van der Waals surface area contributed by atoms with Gasteiger partial charge >= 0.3 is 18.2 Å². The lowest BCUT2D eigenvalue weighted by molar-refractivity contribution is -0.192. The van der Waals surface area contributed by atoms with E-state index in [0.29, 0.717) is 13.1 Å². The van der Waals surface area contributed by atoms with Crippen molar-refractivity contribution < 1.29 is 37.3 Å². The summed E-state index contributed by atoms with van der Waals surface area (Å²) in [7, 11) is 1.60.